The van der Waals surface area contributed by atoms with Crippen LogP contribution in [0, 0.1) is 5.82 Å². The molecule has 0 saturated carbocycles. The summed E-state index contributed by atoms with van der Waals surface area (Å²) in [5, 5.41) is 3.30. The van der Waals surface area contributed by atoms with Crippen LogP contribution in [0.1, 0.15) is 11.6 Å². The summed E-state index contributed by atoms with van der Waals surface area (Å²) in [6.45, 7) is 2.17. The molecule has 4 heteroatoms. The molecule has 1 fully saturated rings. The first-order valence-corrected chi connectivity index (χ1v) is 4.96. The molecule has 82 valence electrons. The minimum Gasteiger partial charge on any atom is -0.494 e. The number of morpholine rings is 1. The van der Waals surface area contributed by atoms with E-state index in [1.807, 2.05) is 0 Å². The molecule has 1 aromatic rings. The van der Waals surface area contributed by atoms with Crippen LogP contribution in [-0.4, -0.2) is 26.9 Å². The number of ether oxygens (including phenoxy) is 2. The summed E-state index contributed by atoms with van der Waals surface area (Å²) in [6.07, 6.45) is 0. The number of hydrogen-bond donors (Lipinski definition) is 1. The third kappa shape index (κ3) is 2.27. The van der Waals surface area contributed by atoms with Gasteiger partial charge in [-0.1, -0.05) is 6.07 Å². The van der Waals surface area contributed by atoms with Gasteiger partial charge in [0.1, 0.15) is 0 Å². The van der Waals surface area contributed by atoms with E-state index in [0.29, 0.717) is 6.61 Å². The van der Waals surface area contributed by atoms with Gasteiger partial charge >= 0.3 is 0 Å². The summed E-state index contributed by atoms with van der Waals surface area (Å²) < 4.78 is 23.4. The van der Waals surface area contributed by atoms with Gasteiger partial charge < -0.3 is 14.8 Å². The van der Waals surface area contributed by atoms with Crippen LogP contribution in [0.15, 0.2) is 18.2 Å². The molecular formula is C11H14FNO2. The monoisotopic (exact) mass is 211 g/mol. The Kier molecular flexibility index (Phi) is 3.18. The number of methoxy groups -OCH3 is 1. The summed E-state index contributed by atoms with van der Waals surface area (Å²) in [5.74, 6) is -0.0575. The van der Waals surface area contributed by atoms with Crippen molar-refractivity contribution >= 4 is 0 Å². The lowest BCUT2D eigenvalue weighted by molar-refractivity contribution is 0.0768. The topological polar surface area (TPSA) is 30.5 Å². The minimum atomic E-state index is -0.335. The molecule has 3 nitrogen and oxygen atoms in total. The maximum absolute atomic E-state index is 13.2. The van der Waals surface area contributed by atoms with E-state index in [2.05, 4.69) is 5.32 Å². The normalized spacial score (nSPS) is 21.3. The third-order valence-corrected chi connectivity index (χ3v) is 2.50. The highest BCUT2D eigenvalue weighted by molar-refractivity contribution is 5.32. The van der Waals surface area contributed by atoms with E-state index in [-0.39, 0.29) is 17.6 Å². The largest absolute Gasteiger partial charge is 0.494 e. The van der Waals surface area contributed by atoms with Gasteiger partial charge in [-0.25, -0.2) is 4.39 Å². The van der Waals surface area contributed by atoms with Crippen molar-refractivity contribution in [2.75, 3.05) is 26.9 Å². The Morgan fingerprint density at radius 1 is 1.53 bits per heavy atom. The van der Waals surface area contributed by atoms with Gasteiger partial charge in [0.15, 0.2) is 11.6 Å². The highest BCUT2D eigenvalue weighted by Crippen LogP contribution is 2.23. The van der Waals surface area contributed by atoms with Gasteiger partial charge in [-0.05, 0) is 17.7 Å². The highest BCUT2D eigenvalue weighted by atomic mass is 19.1. The van der Waals surface area contributed by atoms with Crippen LogP contribution in [-0.2, 0) is 4.74 Å². The van der Waals surface area contributed by atoms with Gasteiger partial charge in [-0.15, -0.1) is 0 Å². The molecule has 1 atom stereocenters. The number of rotatable bonds is 2. The fourth-order valence-corrected chi connectivity index (χ4v) is 1.67. The molecule has 2 rings (SSSR count). The first-order valence-electron chi connectivity index (χ1n) is 4.96. The minimum absolute atomic E-state index is 0.133. The highest BCUT2D eigenvalue weighted by Gasteiger charge is 2.16. The molecule has 0 spiro atoms. The van der Waals surface area contributed by atoms with E-state index in [1.54, 1.807) is 12.1 Å². The third-order valence-electron chi connectivity index (χ3n) is 2.50. The molecule has 1 aromatic carbocycles. The van der Waals surface area contributed by atoms with Crippen molar-refractivity contribution in [3.8, 4) is 5.75 Å². The van der Waals surface area contributed by atoms with E-state index in [1.165, 1.54) is 13.2 Å². The maximum atomic E-state index is 13.2. The van der Waals surface area contributed by atoms with Crippen LogP contribution in [0.3, 0.4) is 0 Å². The van der Waals surface area contributed by atoms with Crippen LogP contribution in [0.4, 0.5) is 4.39 Å². The molecule has 0 aliphatic carbocycles. The van der Waals surface area contributed by atoms with Crippen molar-refractivity contribution < 1.29 is 13.9 Å². The fraction of sp³-hybridized carbons (Fsp3) is 0.455. The van der Waals surface area contributed by atoms with E-state index < -0.39 is 0 Å². The molecule has 1 aliphatic heterocycles. The second-order valence-corrected chi connectivity index (χ2v) is 3.48. The fourth-order valence-electron chi connectivity index (χ4n) is 1.67. The van der Waals surface area contributed by atoms with Gasteiger partial charge in [0.05, 0.1) is 26.4 Å². The Morgan fingerprint density at radius 2 is 2.40 bits per heavy atom. The average Bonchev–Trinajstić information content (AvgIpc) is 2.31. The van der Waals surface area contributed by atoms with Crippen LogP contribution in [0.25, 0.3) is 0 Å². The average molecular weight is 211 g/mol. The zero-order valence-corrected chi connectivity index (χ0v) is 8.63. The van der Waals surface area contributed by atoms with Gasteiger partial charge in [0.2, 0.25) is 0 Å². The predicted molar refractivity (Wildman–Crippen MR) is 54.5 cm³/mol. The Bertz CT molecular complexity index is 337. The van der Waals surface area contributed by atoms with Crippen LogP contribution in [0.2, 0.25) is 0 Å². The van der Waals surface area contributed by atoms with Gasteiger partial charge in [0.25, 0.3) is 0 Å². The summed E-state index contributed by atoms with van der Waals surface area (Å²) in [5.41, 5.74) is 0.993. The van der Waals surface area contributed by atoms with Crippen LogP contribution in [0.5, 0.6) is 5.75 Å². The van der Waals surface area contributed by atoms with E-state index >= 15 is 0 Å². The molecule has 0 radical (unpaired) electrons. The molecule has 1 saturated heterocycles. The quantitative estimate of drug-likeness (QED) is 0.804. The van der Waals surface area contributed by atoms with Crippen LogP contribution < -0.4 is 10.1 Å². The molecule has 1 aliphatic rings. The summed E-state index contributed by atoms with van der Waals surface area (Å²) in [4.78, 5) is 0. The van der Waals surface area contributed by atoms with Gasteiger partial charge in [-0.3, -0.25) is 0 Å². The second kappa shape index (κ2) is 4.59. The van der Waals surface area contributed by atoms with Crippen molar-refractivity contribution in [3.63, 3.8) is 0 Å². The van der Waals surface area contributed by atoms with Crippen molar-refractivity contribution in [2.45, 2.75) is 6.04 Å². The molecule has 1 N–H and O–H groups in total. The van der Waals surface area contributed by atoms with Crippen molar-refractivity contribution in [1.29, 1.82) is 0 Å². The van der Waals surface area contributed by atoms with E-state index in [0.717, 1.165) is 18.7 Å². The molecule has 0 unspecified atom stereocenters. The maximum Gasteiger partial charge on any atom is 0.165 e. The second-order valence-electron chi connectivity index (χ2n) is 3.48. The zero-order valence-electron chi connectivity index (χ0n) is 8.63. The zero-order chi connectivity index (χ0) is 10.7. The lowest BCUT2D eigenvalue weighted by Crippen LogP contribution is -2.34. The molecule has 1 heterocycles. The lowest BCUT2D eigenvalue weighted by Gasteiger charge is -2.24. The van der Waals surface area contributed by atoms with E-state index in [4.69, 9.17) is 9.47 Å². The molecule has 0 aromatic heterocycles. The Hall–Kier alpha value is -1.13. The predicted octanol–water partition coefficient (Wildman–Crippen LogP) is 1.50. The Morgan fingerprint density at radius 3 is 3.07 bits per heavy atom. The molecule has 0 bridgehead atoms. The SMILES string of the molecule is COc1cc([C@@H]2COCCN2)ccc1F. The summed E-state index contributed by atoms with van der Waals surface area (Å²) >= 11 is 0. The summed E-state index contributed by atoms with van der Waals surface area (Å²) in [6, 6.07) is 5.02. The molecule has 15 heavy (non-hydrogen) atoms. The first-order chi connectivity index (χ1) is 7.31. The molecule has 0 amide bonds. The Labute approximate surface area is 88.2 Å². The van der Waals surface area contributed by atoms with Crippen molar-refractivity contribution in [1.82, 2.24) is 5.32 Å². The lowest BCUT2D eigenvalue weighted by atomic mass is 10.1. The Balaban J connectivity index is 2.20. The molecular weight excluding hydrogens is 197 g/mol. The number of benzene rings is 1. The standard InChI is InChI=1S/C11H14FNO2/c1-14-11-6-8(2-3-9(11)12)10-7-15-5-4-13-10/h2-3,6,10,13H,4-5,7H2,1H3/t10-/m0/s1. The number of nitrogens with one attached hydrogen (secondary N) is 1. The van der Waals surface area contributed by atoms with Gasteiger partial charge in [0, 0.05) is 6.54 Å². The van der Waals surface area contributed by atoms with E-state index in [9.17, 15) is 4.39 Å². The van der Waals surface area contributed by atoms with Crippen molar-refractivity contribution in [2.24, 2.45) is 0 Å². The van der Waals surface area contributed by atoms with Crippen LogP contribution >= 0.6 is 0 Å². The number of hydrogen-bond acceptors (Lipinski definition) is 3. The smallest absolute Gasteiger partial charge is 0.165 e. The summed E-state index contributed by atoms with van der Waals surface area (Å²) in [7, 11) is 1.47. The van der Waals surface area contributed by atoms with Crippen molar-refractivity contribution in [3.05, 3.63) is 29.6 Å². The first kappa shape index (κ1) is 10.4. The van der Waals surface area contributed by atoms with Gasteiger partial charge in [-0.2, -0.15) is 0 Å². The number of halogens is 1.